The fourth-order valence-electron chi connectivity index (χ4n) is 8.00. The number of ether oxygens (including phenoxy) is 3. The molecule has 0 heterocycles. The third kappa shape index (κ3) is 51.9. The number of hydrogen-bond donors (Lipinski definition) is 0. The lowest BCUT2D eigenvalue weighted by Gasteiger charge is -2.18. The Morgan fingerprint density at radius 2 is 0.600 bits per heavy atom. The highest BCUT2D eigenvalue weighted by Crippen LogP contribution is 2.17. The Bertz CT molecular complexity index is 1180. The van der Waals surface area contributed by atoms with Crippen molar-refractivity contribution in [2.75, 3.05) is 13.2 Å². The first-order valence-electron chi connectivity index (χ1n) is 27.9. The van der Waals surface area contributed by atoms with Crippen molar-refractivity contribution in [2.24, 2.45) is 0 Å². The van der Waals surface area contributed by atoms with Gasteiger partial charge >= 0.3 is 17.9 Å². The maximum absolute atomic E-state index is 12.8. The lowest BCUT2D eigenvalue weighted by Crippen LogP contribution is -2.30. The zero-order valence-corrected chi connectivity index (χ0v) is 43.0. The number of allylic oxidation sites excluding steroid dienone is 10. The van der Waals surface area contributed by atoms with Gasteiger partial charge in [0.1, 0.15) is 13.2 Å². The lowest BCUT2D eigenvalue weighted by atomic mass is 10.0. The normalized spacial score (nSPS) is 12.5. The van der Waals surface area contributed by atoms with E-state index < -0.39 is 6.10 Å². The largest absolute Gasteiger partial charge is 0.462 e. The molecule has 6 nitrogen and oxygen atoms in total. The maximum Gasteiger partial charge on any atom is 0.306 e. The predicted octanol–water partition coefficient (Wildman–Crippen LogP) is 18.4. The summed E-state index contributed by atoms with van der Waals surface area (Å²) in [5, 5.41) is 0. The molecule has 0 amide bonds. The summed E-state index contributed by atoms with van der Waals surface area (Å²) in [5.74, 6) is -0.957. The minimum Gasteiger partial charge on any atom is -0.462 e. The number of esters is 3. The Hall–Kier alpha value is -2.89. The number of rotatable bonds is 50. The van der Waals surface area contributed by atoms with E-state index in [0.717, 1.165) is 51.4 Å². The standard InChI is InChI=1S/C59H104O6/c1-4-7-10-13-16-19-22-25-27-29-31-34-37-40-43-46-49-52-58(61)64-55-56(54-63-57(60)51-48-45-42-39-36-33-24-21-18-15-12-9-6-3)65-59(62)53-50-47-44-41-38-35-32-30-28-26-23-20-17-14-11-8-5-2/h9,12,15,18,21,24,33,36,39,42,56H,4-8,10-11,13-14,16-17,19-20,22-23,25-32,34-35,37-38,40-41,43-55H2,1-3H3/b12-9+,18-15+,24-21+,36-33+,42-39+. The fourth-order valence-corrected chi connectivity index (χ4v) is 8.00. The molecule has 0 aromatic heterocycles. The van der Waals surface area contributed by atoms with Gasteiger partial charge in [-0.05, 0) is 32.1 Å². The molecule has 0 aliphatic rings. The molecule has 0 fully saturated rings. The molecule has 0 aliphatic carbocycles. The Kier molecular flexibility index (Phi) is 51.3. The molecule has 1 unspecified atom stereocenters. The number of carbonyl (C=O) groups excluding carboxylic acids is 3. The van der Waals surface area contributed by atoms with Crippen molar-refractivity contribution in [2.45, 2.75) is 284 Å². The van der Waals surface area contributed by atoms with Crippen molar-refractivity contribution in [1.82, 2.24) is 0 Å². The maximum atomic E-state index is 12.8. The van der Waals surface area contributed by atoms with Gasteiger partial charge in [-0.2, -0.15) is 0 Å². The summed E-state index contributed by atoms with van der Waals surface area (Å²) >= 11 is 0. The van der Waals surface area contributed by atoms with Crippen LogP contribution in [0.1, 0.15) is 278 Å². The molecule has 0 saturated heterocycles. The van der Waals surface area contributed by atoms with Crippen LogP contribution in [0.15, 0.2) is 60.8 Å². The van der Waals surface area contributed by atoms with Crippen molar-refractivity contribution in [3.63, 3.8) is 0 Å². The average Bonchev–Trinajstić information content (AvgIpc) is 3.30. The molecule has 6 heteroatoms. The van der Waals surface area contributed by atoms with Gasteiger partial charge in [-0.3, -0.25) is 14.4 Å². The summed E-state index contributed by atoms with van der Waals surface area (Å²) in [5.41, 5.74) is 0. The van der Waals surface area contributed by atoms with Crippen LogP contribution < -0.4 is 0 Å². The van der Waals surface area contributed by atoms with Gasteiger partial charge in [-0.25, -0.2) is 0 Å². The zero-order chi connectivity index (χ0) is 47.2. The van der Waals surface area contributed by atoms with E-state index in [0.29, 0.717) is 19.3 Å². The first kappa shape index (κ1) is 62.1. The third-order valence-corrected chi connectivity index (χ3v) is 12.2. The van der Waals surface area contributed by atoms with E-state index >= 15 is 0 Å². The molecule has 0 aromatic carbocycles. The second-order valence-electron chi connectivity index (χ2n) is 18.6. The van der Waals surface area contributed by atoms with Gasteiger partial charge in [-0.1, -0.05) is 287 Å². The van der Waals surface area contributed by atoms with Crippen LogP contribution in [0.4, 0.5) is 0 Å². The summed E-state index contributed by atoms with van der Waals surface area (Å²) in [7, 11) is 0. The molecule has 0 aromatic rings. The van der Waals surface area contributed by atoms with E-state index in [1.165, 1.54) is 180 Å². The Morgan fingerprint density at radius 3 is 0.938 bits per heavy atom. The number of hydrogen-bond acceptors (Lipinski definition) is 6. The summed E-state index contributed by atoms with van der Waals surface area (Å²) in [6.07, 6.45) is 66.5. The first-order valence-corrected chi connectivity index (χ1v) is 27.9. The molecule has 0 saturated carbocycles. The van der Waals surface area contributed by atoms with E-state index in [2.05, 4.69) is 26.8 Å². The topological polar surface area (TPSA) is 78.9 Å². The van der Waals surface area contributed by atoms with Gasteiger partial charge < -0.3 is 14.2 Å². The van der Waals surface area contributed by atoms with Gasteiger partial charge in [0, 0.05) is 19.3 Å². The lowest BCUT2D eigenvalue weighted by molar-refractivity contribution is -0.167. The van der Waals surface area contributed by atoms with Crippen LogP contribution >= 0.6 is 0 Å². The molecule has 65 heavy (non-hydrogen) atoms. The van der Waals surface area contributed by atoms with Crippen LogP contribution in [-0.4, -0.2) is 37.2 Å². The minimum absolute atomic E-state index is 0.0926. The fraction of sp³-hybridized carbons (Fsp3) is 0.780. The quantitative estimate of drug-likeness (QED) is 0.0262. The van der Waals surface area contributed by atoms with Crippen LogP contribution in [0, 0.1) is 0 Å². The highest BCUT2D eigenvalue weighted by Gasteiger charge is 2.19. The van der Waals surface area contributed by atoms with E-state index in [4.69, 9.17) is 14.2 Å². The predicted molar refractivity (Wildman–Crippen MR) is 279 cm³/mol. The Morgan fingerprint density at radius 1 is 0.323 bits per heavy atom. The molecule has 0 radical (unpaired) electrons. The second kappa shape index (κ2) is 53.7. The Balaban J connectivity index is 4.40. The average molecular weight is 909 g/mol. The van der Waals surface area contributed by atoms with Crippen molar-refractivity contribution in [3.8, 4) is 0 Å². The summed E-state index contributed by atoms with van der Waals surface area (Å²) < 4.78 is 16.8. The van der Waals surface area contributed by atoms with Gasteiger partial charge in [0.2, 0.25) is 0 Å². The van der Waals surface area contributed by atoms with Crippen molar-refractivity contribution < 1.29 is 28.6 Å². The molecule has 0 rings (SSSR count). The van der Waals surface area contributed by atoms with E-state index in [-0.39, 0.29) is 37.5 Å². The number of carbonyl (C=O) groups is 3. The van der Waals surface area contributed by atoms with Crippen LogP contribution in [0.25, 0.3) is 0 Å². The van der Waals surface area contributed by atoms with Crippen molar-refractivity contribution >= 4 is 17.9 Å². The monoisotopic (exact) mass is 909 g/mol. The molecule has 1 atom stereocenters. The van der Waals surface area contributed by atoms with Gasteiger partial charge in [0.25, 0.3) is 0 Å². The minimum atomic E-state index is -0.799. The molecule has 376 valence electrons. The number of unbranched alkanes of at least 4 members (excludes halogenated alkanes) is 33. The highest BCUT2D eigenvalue weighted by molar-refractivity contribution is 5.71. The van der Waals surface area contributed by atoms with Crippen molar-refractivity contribution in [3.05, 3.63) is 60.8 Å². The van der Waals surface area contributed by atoms with Gasteiger partial charge in [0.05, 0.1) is 0 Å². The summed E-state index contributed by atoms with van der Waals surface area (Å²) in [6.45, 7) is 6.47. The first-order chi connectivity index (χ1) is 32.0. The van der Waals surface area contributed by atoms with Gasteiger partial charge in [-0.15, -0.1) is 0 Å². The molecule has 0 spiro atoms. The molecular formula is C59H104O6. The van der Waals surface area contributed by atoms with Crippen molar-refractivity contribution in [1.29, 1.82) is 0 Å². The van der Waals surface area contributed by atoms with Crippen LogP contribution in [0.3, 0.4) is 0 Å². The molecule has 0 aliphatic heterocycles. The van der Waals surface area contributed by atoms with E-state index in [9.17, 15) is 14.4 Å². The van der Waals surface area contributed by atoms with Crippen LogP contribution in [0.5, 0.6) is 0 Å². The van der Waals surface area contributed by atoms with Gasteiger partial charge in [0.15, 0.2) is 6.10 Å². The summed E-state index contributed by atoms with van der Waals surface area (Å²) in [4.78, 5) is 38.0. The van der Waals surface area contributed by atoms with E-state index in [1.54, 1.807) is 0 Å². The molecular weight excluding hydrogens is 805 g/mol. The van der Waals surface area contributed by atoms with Crippen LogP contribution in [0.2, 0.25) is 0 Å². The highest BCUT2D eigenvalue weighted by atomic mass is 16.6. The zero-order valence-electron chi connectivity index (χ0n) is 43.0. The smallest absolute Gasteiger partial charge is 0.306 e. The second-order valence-corrected chi connectivity index (χ2v) is 18.6. The summed E-state index contributed by atoms with van der Waals surface area (Å²) in [6, 6.07) is 0. The Labute approximate surface area is 402 Å². The SMILES string of the molecule is CC/C=C/C=C/C=C/C=C/C=C/CCCC(=O)OCC(COC(=O)CCCCCCCCCCCCCCCCCCC)OC(=O)CCCCCCCCCCCCCCCCCCC. The van der Waals surface area contributed by atoms with E-state index in [1.807, 2.05) is 54.7 Å². The van der Waals surface area contributed by atoms with Crippen LogP contribution in [-0.2, 0) is 28.6 Å². The third-order valence-electron chi connectivity index (χ3n) is 12.2. The molecule has 0 N–H and O–H groups in total. The molecule has 0 bridgehead atoms.